The van der Waals surface area contributed by atoms with E-state index in [1.54, 1.807) is 26.5 Å². The van der Waals surface area contributed by atoms with Gasteiger partial charge in [-0.2, -0.15) is 0 Å². The number of H-pyrrole nitrogens is 1. The second kappa shape index (κ2) is 4.69. The molecule has 88 valence electrons. The molecule has 0 unspecified atom stereocenters. The first kappa shape index (κ1) is 11.2. The van der Waals surface area contributed by atoms with Gasteiger partial charge in [-0.05, 0) is 12.1 Å². The topological polar surface area (TPSA) is 61.0 Å². The zero-order chi connectivity index (χ0) is 12.3. The molecule has 0 saturated heterocycles. The van der Waals surface area contributed by atoms with Gasteiger partial charge >= 0.3 is 6.03 Å². The van der Waals surface area contributed by atoms with E-state index in [1.165, 1.54) is 4.90 Å². The number of imidazole rings is 1. The highest BCUT2D eigenvalue weighted by Crippen LogP contribution is 2.19. The number of nitrogens with one attached hydrogen (secondary N) is 2. The number of hydrogen-bond donors (Lipinski definition) is 2. The van der Waals surface area contributed by atoms with Crippen LogP contribution >= 0.6 is 0 Å². The fourth-order valence-corrected chi connectivity index (χ4v) is 1.40. The maximum Gasteiger partial charge on any atom is 0.321 e. The van der Waals surface area contributed by atoms with Crippen LogP contribution in [-0.2, 0) is 0 Å². The lowest BCUT2D eigenvalue weighted by molar-refractivity contribution is 0.230. The smallest absolute Gasteiger partial charge is 0.321 e. The normalized spacial score (nSPS) is 10.0. The lowest BCUT2D eigenvalue weighted by atomic mass is 10.2. The second-order valence-electron chi connectivity index (χ2n) is 3.84. The molecule has 0 radical (unpaired) electrons. The van der Waals surface area contributed by atoms with Crippen LogP contribution in [0.1, 0.15) is 0 Å². The molecule has 0 fully saturated rings. The highest BCUT2D eigenvalue weighted by molar-refractivity contribution is 5.89. The van der Waals surface area contributed by atoms with Crippen molar-refractivity contribution < 1.29 is 4.79 Å². The van der Waals surface area contributed by atoms with E-state index in [0.29, 0.717) is 0 Å². The average Bonchev–Trinajstić information content (AvgIpc) is 2.82. The summed E-state index contributed by atoms with van der Waals surface area (Å²) in [6.45, 7) is 0. The van der Waals surface area contributed by atoms with Crippen LogP contribution < -0.4 is 5.32 Å². The van der Waals surface area contributed by atoms with Crippen LogP contribution in [0.5, 0.6) is 0 Å². The molecule has 5 nitrogen and oxygen atoms in total. The number of rotatable bonds is 2. The summed E-state index contributed by atoms with van der Waals surface area (Å²) in [5.74, 6) is 0.783. The van der Waals surface area contributed by atoms with Crippen molar-refractivity contribution in [3.63, 3.8) is 0 Å². The number of anilines is 1. The first-order chi connectivity index (χ1) is 8.16. The zero-order valence-electron chi connectivity index (χ0n) is 9.77. The summed E-state index contributed by atoms with van der Waals surface area (Å²) in [5.41, 5.74) is 1.68. The molecular weight excluding hydrogens is 216 g/mol. The van der Waals surface area contributed by atoms with Crippen molar-refractivity contribution in [3.8, 4) is 11.4 Å². The van der Waals surface area contributed by atoms with E-state index in [-0.39, 0.29) is 6.03 Å². The summed E-state index contributed by atoms with van der Waals surface area (Å²) in [6.07, 6.45) is 3.46. The van der Waals surface area contributed by atoms with Crippen LogP contribution in [0.2, 0.25) is 0 Å². The standard InChI is InChI=1S/C12H14N4O/c1-16(2)12(17)15-10-5-3-4-9(8-10)11-13-6-7-14-11/h3-8H,1-2H3,(H,13,14)(H,15,17). The minimum atomic E-state index is -0.151. The van der Waals surface area contributed by atoms with Crippen molar-refractivity contribution >= 4 is 11.7 Å². The third kappa shape index (κ3) is 2.63. The van der Waals surface area contributed by atoms with Gasteiger partial charge in [-0.3, -0.25) is 0 Å². The van der Waals surface area contributed by atoms with Crippen molar-refractivity contribution in [2.75, 3.05) is 19.4 Å². The molecule has 2 N–H and O–H groups in total. The SMILES string of the molecule is CN(C)C(=O)Nc1cccc(-c2ncc[nH]2)c1. The van der Waals surface area contributed by atoms with Gasteiger partial charge in [0.15, 0.2) is 0 Å². The number of carbonyl (C=O) groups excluding carboxylic acids is 1. The third-order valence-electron chi connectivity index (χ3n) is 2.29. The van der Waals surface area contributed by atoms with Gasteiger partial charge in [0.25, 0.3) is 0 Å². The first-order valence-electron chi connectivity index (χ1n) is 5.25. The maximum atomic E-state index is 11.5. The molecule has 0 bridgehead atoms. The van der Waals surface area contributed by atoms with E-state index in [4.69, 9.17) is 0 Å². The number of aromatic amines is 1. The van der Waals surface area contributed by atoms with Gasteiger partial charge in [-0.1, -0.05) is 12.1 Å². The Morgan fingerprint density at radius 1 is 1.41 bits per heavy atom. The number of nitrogens with zero attached hydrogens (tertiary/aromatic N) is 2. The van der Waals surface area contributed by atoms with Crippen LogP contribution in [0.3, 0.4) is 0 Å². The van der Waals surface area contributed by atoms with Gasteiger partial charge in [0, 0.05) is 37.7 Å². The van der Waals surface area contributed by atoms with Gasteiger partial charge in [-0.25, -0.2) is 9.78 Å². The predicted octanol–water partition coefficient (Wildman–Crippen LogP) is 2.17. The van der Waals surface area contributed by atoms with Gasteiger partial charge in [-0.15, -0.1) is 0 Å². The van der Waals surface area contributed by atoms with E-state index in [2.05, 4.69) is 15.3 Å². The molecule has 1 aromatic carbocycles. The van der Waals surface area contributed by atoms with E-state index < -0.39 is 0 Å². The van der Waals surface area contributed by atoms with E-state index in [0.717, 1.165) is 17.1 Å². The summed E-state index contributed by atoms with van der Waals surface area (Å²) in [5, 5.41) is 2.79. The van der Waals surface area contributed by atoms with Gasteiger partial charge < -0.3 is 15.2 Å². The molecule has 2 amide bonds. The van der Waals surface area contributed by atoms with Crippen LogP contribution in [0.25, 0.3) is 11.4 Å². The highest BCUT2D eigenvalue weighted by Gasteiger charge is 2.05. The Labute approximate surface area is 99.5 Å². The number of carbonyl (C=O) groups is 1. The summed E-state index contributed by atoms with van der Waals surface area (Å²) in [7, 11) is 3.40. The molecular formula is C12H14N4O. The Kier molecular flexibility index (Phi) is 3.09. The first-order valence-corrected chi connectivity index (χ1v) is 5.25. The second-order valence-corrected chi connectivity index (χ2v) is 3.84. The molecule has 1 heterocycles. The number of aromatic nitrogens is 2. The number of hydrogen-bond acceptors (Lipinski definition) is 2. The lowest BCUT2D eigenvalue weighted by Gasteiger charge is -2.12. The molecule has 5 heteroatoms. The van der Waals surface area contributed by atoms with Crippen molar-refractivity contribution in [2.24, 2.45) is 0 Å². The Morgan fingerprint density at radius 2 is 2.24 bits per heavy atom. The van der Waals surface area contributed by atoms with Crippen molar-refractivity contribution in [3.05, 3.63) is 36.7 Å². The highest BCUT2D eigenvalue weighted by atomic mass is 16.2. The zero-order valence-corrected chi connectivity index (χ0v) is 9.77. The predicted molar refractivity (Wildman–Crippen MR) is 66.7 cm³/mol. The Hall–Kier alpha value is -2.30. The third-order valence-corrected chi connectivity index (χ3v) is 2.29. The van der Waals surface area contributed by atoms with Gasteiger partial charge in [0.1, 0.15) is 5.82 Å². The largest absolute Gasteiger partial charge is 0.345 e. The Balaban J connectivity index is 2.20. The fourth-order valence-electron chi connectivity index (χ4n) is 1.40. The van der Waals surface area contributed by atoms with Crippen molar-refractivity contribution in [2.45, 2.75) is 0 Å². The summed E-state index contributed by atoms with van der Waals surface area (Å²) < 4.78 is 0. The van der Waals surface area contributed by atoms with Crippen LogP contribution in [0.4, 0.5) is 10.5 Å². The maximum absolute atomic E-state index is 11.5. The van der Waals surface area contributed by atoms with Crippen LogP contribution in [0, 0.1) is 0 Å². The Bertz CT molecular complexity index is 505. The molecule has 2 aromatic rings. The van der Waals surface area contributed by atoms with Crippen molar-refractivity contribution in [1.29, 1.82) is 0 Å². The molecule has 0 aliphatic carbocycles. The van der Waals surface area contributed by atoms with Crippen LogP contribution in [0.15, 0.2) is 36.7 Å². The minimum Gasteiger partial charge on any atom is -0.345 e. The summed E-state index contributed by atoms with van der Waals surface area (Å²) in [6, 6.07) is 7.38. The molecule has 0 spiro atoms. The molecule has 2 rings (SSSR count). The molecule has 0 atom stereocenters. The molecule has 17 heavy (non-hydrogen) atoms. The van der Waals surface area contributed by atoms with Gasteiger partial charge in [0.2, 0.25) is 0 Å². The molecule has 1 aromatic heterocycles. The van der Waals surface area contributed by atoms with E-state index in [1.807, 2.05) is 24.3 Å². The summed E-state index contributed by atoms with van der Waals surface area (Å²) >= 11 is 0. The number of urea groups is 1. The molecule has 0 aliphatic rings. The molecule has 0 aliphatic heterocycles. The van der Waals surface area contributed by atoms with Gasteiger partial charge in [0.05, 0.1) is 0 Å². The fraction of sp³-hybridized carbons (Fsp3) is 0.167. The van der Waals surface area contributed by atoms with Crippen molar-refractivity contribution in [1.82, 2.24) is 14.9 Å². The number of benzene rings is 1. The Morgan fingerprint density at radius 3 is 2.88 bits per heavy atom. The monoisotopic (exact) mass is 230 g/mol. The van der Waals surface area contributed by atoms with E-state index >= 15 is 0 Å². The van der Waals surface area contributed by atoms with Crippen LogP contribution in [-0.4, -0.2) is 35.0 Å². The average molecular weight is 230 g/mol. The summed E-state index contributed by atoms with van der Waals surface area (Å²) in [4.78, 5) is 20.2. The molecule has 0 saturated carbocycles. The quantitative estimate of drug-likeness (QED) is 0.830. The minimum absolute atomic E-state index is 0.151. The van der Waals surface area contributed by atoms with E-state index in [9.17, 15) is 4.79 Å². The number of amides is 2. The lowest BCUT2D eigenvalue weighted by Crippen LogP contribution is -2.27.